The minimum atomic E-state index is -0.332. The Kier molecular flexibility index (Phi) is 12.4. The Labute approximate surface area is 230 Å². The van der Waals surface area contributed by atoms with Gasteiger partial charge in [0.15, 0.2) is 0 Å². The zero-order chi connectivity index (χ0) is 27.4. The Hall–Kier alpha value is -1.60. The maximum Gasteiger partial charge on any atom is 0.0727 e. The Balaban J connectivity index is 2.37. The van der Waals surface area contributed by atoms with Crippen LogP contribution in [0.25, 0.3) is 0 Å². The third kappa shape index (κ3) is 8.19. The first-order valence-electron chi connectivity index (χ1n) is 15.4. The Morgan fingerprint density at radius 3 is 1.11 bits per heavy atom. The molecule has 0 bridgehead atoms. The molecule has 2 rings (SSSR count). The second kappa shape index (κ2) is 14.5. The zero-order valence-electron chi connectivity index (χ0n) is 25.7. The largest absolute Gasteiger partial charge is 0.368 e. The van der Waals surface area contributed by atoms with Crippen LogP contribution >= 0.6 is 0 Å². The zero-order valence-corrected chi connectivity index (χ0v) is 25.7. The van der Waals surface area contributed by atoms with Gasteiger partial charge in [-0.1, -0.05) is 153 Å². The molecule has 208 valence electrons. The summed E-state index contributed by atoms with van der Waals surface area (Å²) in [5, 5.41) is 0. The molecule has 0 amide bonds. The molecule has 0 aliphatic carbocycles. The number of benzene rings is 2. The van der Waals surface area contributed by atoms with Crippen molar-refractivity contribution in [3.05, 3.63) is 71.8 Å². The molecule has 0 aliphatic heterocycles. The molecule has 1 nitrogen and oxygen atoms in total. The van der Waals surface area contributed by atoms with Gasteiger partial charge in [-0.3, -0.25) is 0 Å². The van der Waals surface area contributed by atoms with Gasteiger partial charge in [-0.25, -0.2) is 0 Å². The van der Waals surface area contributed by atoms with Gasteiger partial charge in [-0.05, 0) is 51.7 Å². The van der Waals surface area contributed by atoms with Crippen molar-refractivity contribution in [1.29, 1.82) is 0 Å². The van der Waals surface area contributed by atoms with Gasteiger partial charge in [0.25, 0.3) is 0 Å². The van der Waals surface area contributed by atoms with E-state index in [1.807, 2.05) is 0 Å². The van der Waals surface area contributed by atoms with E-state index in [-0.39, 0.29) is 22.0 Å². The van der Waals surface area contributed by atoms with E-state index in [0.717, 1.165) is 12.8 Å². The van der Waals surface area contributed by atoms with Crippen LogP contribution in [0.5, 0.6) is 0 Å². The second-order valence-electron chi connectivity index (χ2n) is 12.8. The summed E-state index contributed by atoms with van der Waals surface area (Å²) in [4.78, 5) is 0. The average molecular weight is 507 g/mol. The highest BCUT2D eigenvalue weighted by atomic mass is 16.5. The highest BCUT2D eigenvalue weighted by Crippen LogP contribution is 2.49. The van der Waals surface area contributed by atoms with E-state index in [0.29, 0.717) is 0 Å². The van der Waals surface area contributed by atoms with Crippen LogP contribution in [-0.2, 0) is 15.6 Å². The summed E-state index contributed by atoms with van der Waals surface area (Å²) in [5.41, 5.74) is 1.98. The van der Waals surface area contributed by atoms with Crippen molar-refractivity contribution in [2.75, 3.05) is 0 Å². The van der Waals surface area contributed by atoms with Crippen molar-refractivity contribution in [1.82, 2.24) is 0 Å². The number of hydrogen-bond donors (Lipinski definition) is 0. The van der Waals surface area contributed by atoms with Crippen molar-refractivity contribution in [2.24, 2.45) is 0 Å². The molecule has 0 heterocycles. The molecule has 0 aliphatic rings. The highest BCUT2D eigenvalue weighted by Gasteiger charge is 2.51. The van der Waals surface area contributed by atoms with E-state index in [4.69, 9.17) is 4.74 Å². The predicted octanol–water partition coefficient (Wildman–Crippen LogP) is 11.2. The van der Waals surface area contributed by atoms with Crippen LogP contribution in [0, 0.1) is 0 Å². The fourth-order valence-corrected chi connectivity index (χ4v) is 6.23. The first kappa shape index (κ1) is 31.6. The summed E-state index contributed by atoms with van der Waals surface area (Å²) in [6.45, 7) is 18.9. The monoisotopic (exact) mass is 506 g/mol. The van der Waals surface area contributed by atoms with Crippen molar-refractivity contribution >= 4 is 0 Å². The van der Waals surface area contributed by atoms with Gasteiger partial charge in [0.05, 0.1) is 11.2 Å². The van der Waals surface area contributed by atoms with Gasteiger partial charge in [-0.15, -0.1) is 0 Å². The molecule has 0 saturated carbocycles. The molecule has 2 atom stereocenters. The Bertz CT molecular complexity index is 795. The first-order chi connectivity index (χ1) is 17.5. The van der Waals surface area contributed by atoms with Crippen LogP contribution in [0.3, 0.4) is 0 Å². The SMILES string of the molecule is CCCCCCCC(C)(c1ccccc1)C(C)(C)OC(C)(C)C(C)(CCCCCCC)c1ccccc1. The molecule has 37 heavy (non-hydrogen) atoms. The van der Waals surface area contributed by atoms with Gasteiger partial charge in [-0.2, -0.15) is 0 Å². The fraction of sp³-hybridized carbons (Fsp3) is 0.667. The van der Waals surface area contributed by atoms with Crippen LogP contribution in [0.4, 0.5) is 0 Å². The van der Waals surface area contributed by atoms with E-state index in [9.17, 15) is 0 Å². The van der Waals surface area contributed by atoms with Gasteiger partial charge in [0.1, 0.15) is 0 Å². The van der Waals surface area contributed by atoms with E-state index >= 15 is 0 Å². The number of ether oxygens (including phenoxy) is 1. The number of unbranched alkanes of at least 4 members (excludes halogenated alkanes) is 8. The lowest BCUT2D eigenvalue weighted by Gasteiger charge is -2.54. The van der Waals surface area contributed by atoms with E-state index < -0.39 is 0 Å². The summed E-state index contributed by atoms with van der Waals surface area (Å²) in [6, 6.07) is 22.3. The van der Waals surface area contributed by atoms with Crippen LogP contribution in [0.15, 0.2) is 60.7 Å². The Morgan fingerprint density at radius 1 is 0.459 bits per heavy atom. The van der Waals surface area contributed by atoms with Gasteiger partial charge >= 0.3 is 0 Å². The normalized spacial score (nSPS) is 15.8. The van der Waals surface area contributed by atoms with E-state index in [1.54, 1.807) is 0 Å². The molecule has 0 N–H and O–H groups in total. The molecule has 2 unspecified atom stereocenters. The minimum Gasteiger partial charge on any atom is -0.368 e. The van der Waals surface area contributed by atoms with Gasteiger partial charge in [0, 0.05) is 10.8 Å². The summed E-state index contributed by atoms with van der Waals surface area (Å²) in [5.74, 6) is 0. The molecule has 0 saturated heterocycles. The van der Waals surface area contributed by atoms with Gasteiger partial charge < -0.3 is 4.74 Å². The molecule has 0 aromatic heterocycles. The molecule has 0 spiro atoms. The lowest BCUT2D eigenvalue weighted by atomic mass is 9.64. The summed E-state index contributed by atoms with van der Waals surface area (Å²) >= 11 is 0. The van der Waals surface area contributed by atoms with Crippen LogP contribution in [0.2, 0.25) is 0 Å². The maximum absolute atomic E-state index is 7.42. The average Bonchev–Trinajstić information content (AvgIpc) is 2.88. The third-order valence-corrected chi connectivity index (χ3v) is 9.55. The quantitative estimate of drug-likeness (QED) is 0.183. The number of rotatable bonds is 18. The summed E-state index contributed by atoms with van der Waals surface area (Å²) in [6.07, 6.45) is 15.3. The molecule has 1 heteroatoms. The predicted molar refractivity (Wildman–Crippen MR) is 164 cm³/mol. The van der Waals surface area contributed by atoms with Gasteiger partial charge in [0.2, 0.25) is 0 Å². The molecular weight excluding hydrogens is 448 g/mol. The smallest absolute Gasteiger partial charge is 0.0727 e. The van der Waals surface area contributed by atoms with Crippen LogP contribution in [0.1, 0.15) is 144 Å². The summed E-state index contributed by atoms with van der Waals surface area (Å²) in [7, 11) is 0. The topological polar surface area (TPSA) is 9.23 Å². The van der Waals surface area contributed by atoms with Crippen LogP contribution in [-0.4, -0.2) is 11.2 Å². The van der Waals surface area contributed by atoms with Crippen molar-refractivity contribution in [3.63, 3.8) is 0 Å². The maximum atomic E-state index is 7.42. The minimum absolute atomic E-state index is 0.0729. The molecule has 2 aromatic rings. The van der Waals surface area contributed by atoms with Crippen molar-refractivity contribution < 1.29 is 4.74 Å². The lowest BCUT2D eigenvalue weighted by molar-refractivity contribution is -0.188. The Morgan fingerprint density at radius 2 is 0.784 bits per heavy atom. The van der Waals surface area contributed by atoms with E-state index in [2.05, 4.69) is 116 Å². The standard InChI is InChI=1S/C36H58O/c1-9-11-13-15-23-29-35(7,31-25-19-17-20-26-31)33(3,4)37-34(5,6)36(8,30-24-16-14-12-10-2)32-27-21-18-22-28-32/h17-22,25-28H,9-16,23-24,29-30H2,1-8H3. The summed E-state index contributed by atoms with van der Waals surface area (Å²) < 4.78 is 7.42. The second-order valence-corrected chi connectivity index (χ2v) is 12.8. The molecule has 0 fully saturated rings. The molecule has 0 radical (unpaired) electrons. The first-order valence-corrected chi connectivity index (χ1v) is 15.4. The number of hydrogen-bond acceptors (Lipinski definition) is 1. The van der Waals surface area contributed by atoms with Crippen molar-refractivity contribution in [2.45, 2.75) is 154 Å². The lowest BCUT2D eigenvalue weighted by Crippen LogP contribution is -2.57. The fourth-order valence-electron chi connectivity index (χ4n) is 6.23. The highest BCUT2D eigenvalue weighted by molar-refractivity contribution is 5.31. The van der Waals surface area contributed by atoms with E-state index in [1.165, 1.54) is 75.3 Å². The third-order valence-electron chi connectivity index (χ3n) is 9.55. The van der Waals surface area contributed by atoms with Crippen LogP contribution < -0.4 is 0 Å². The van der Waals surface area contributed by atoms with Crippen molar-refractivity contribution in [3.8, 4) is 0 Å². The molecule has 2 aromatic carbocycles. The molecular formula is C36H58O.